The largest absolute Gasteiger partial charge is 0.352 e. The summed E-state index contributed by atoms with van der Waals surface area (Å²) in [4.78, 5) is 11.4. The molecule has 1 aromatic rings. The van der Waals surface area contributed by atoms with Crippen molar-refractivity contribution in [2.75, 3.05) is 0 Å². The minimum Gasteiger partial charge on any atom is -0.352 e. The lowest BCUT2D eigenvalue weighted by Gasteiger charge is -2.17. The summed E-state index contributed by atoms with van der Waals surface area (Å²) in [5.41, 5.74) is 5.93. The average Bonchev–Trinajstić information content (AvgIpc) is 2.12. The molecule has 1 aromatic carbocycles. The van der Waals surface area contributed by atoms with Crippen LogP contribution in [-0.2, 0) is 11.3 Å². The Balaban J connectivity index is 2.43. The third-order valence-corrected chi connectivity index (χ3v) is 1.99. The zero-order valence-electron chi connectivity index (χ0n) is 9.59. The average molecular weight is 224 g/mol. The molecule has 0 radical (unpaired) electrons. The highest BCUT2D eigenvalue weighted by Gasteiger charge is 2.15. The summed E-state index contributed by atoms with van der Waals surface area (Å²) in [6, 6.07) is 6.14. The molecule has 0 aliphatic carbocycles. The first-order valence-electron chi connectivity index (χ1n) is 5.17. The van der Waals surface area contributed by atoms with E-state index in [1.165, 1.54) is 12.1 Å². The first kappa shape index (κ1) is 12.6. The van der Waals surface area contributed by atoms with Gasteiger partial charge in [-0.05, 0) is 31.5 Å². The van der Waals surface area contributed by atoms with E-state index in [-0.39, 0.29) is 18.1 Å². The number of benzene rings is 1. The molecule has 0 unspecified atom stereocenters. The van der Waals surface area contributed by atoms with Crippen molar-refractivity contribution < 1.29 is 9.18 Å². The van der Waals surface area contributed by atoms with Crippen molar-refractivity contribution in [3.05, 3.63) is 35.6 Å². The predicted molar refractivity (Wildman–Crippen MR) is 61.1 cm³/mol. The van der Waals surface area contributed by atoms with Gasteiger partial charge in [0.25, 0.3) is 0 Å². The van der Waals surface area contributed by atoms with Gasteiger partial charge in [-0.2, -0.15) is 0 Å². The van der Waals surface area contributed by atoms with E-state index in [2.05, 4.69) is 5.32 Å². The van der Waals surface area contributed by atoms with Gasteiger partial charge in [0.1, 0.15) is 5.82 Å². The Labute approximate surface area is 94.8 Å². The minimum absolute atomic E-state index is 0.128. The number of carbonyl (C=O) groups is 1. The van der Waals surface area contributed by atoms with Crippen LogP contribution < -0.4 is 11.1 Å². The summed E-state index contributed by atoms with van der Waals surface area (Å²) in [5.74, 6) is -0.428. The van der Waals surface area contributed by atoms with E-state index in [1.54, 1.807) is 26.0 Å². The first-order valence-corrected chi connectivity index (χ1v) is 5.17. The number of hydrogen-bond acceptors (Lipinski definition) is 2. The van der Waals surface area contributed by atoms with Crippen LogP contribution in [0.5, 0.6) is 0 Å². The van der Waals surface area contributed by atoms with Gasteiger partial charge in [-0.1, -0.05) is 12.1 Å². The SMILES string of the molecule is CC(C)(N)CC(=O)NCc1cccc(F)c1. The molecule has 0 heterocycles. The van der Waals surface area contributed by atoms with Gasteiger partial charge in [-0.25, -0.2) is 4.39 Å². The van der Waals surface area contributed by atoms with Crippen LogP contribution in [-0.4, -0.2) is 11.4 Å². The molecule has 0 saturated heterocycles. The Kier molecular flexibility index (Phi) is 4.01. The quantitative estimate of drug-likeness (QED) is 0.815. The van der Waals surface area contributed by atoms with Crippen molar-refractivity contribution in [2.24, 2.45) is 5.73 Å². The van der Waals surface area contributed by atoms with Crippen LogP contribution in [0.4, 0.5) is 4.39 Å². The van der Waals surface area contributed by atoms with E-state index >= 15 is 0 Å². The molecule has 0 atom stereocenters. The standard InChI is InChI=1S/C12H17FN2O/c1-12(2,14)7-11(16)15-8-9-4-3-5-10(13)6-9/h3-6H,7-8,14H2,1-2H3,(H,15,16). The van der Waals surface area contributed by atoms with Crippen LogP contribution >= 0.6 is 0 Å². The topological polar surface area (TPSA) is 55.1 Å². The van der Waals surface area contributed by atoms with Crippen LogP contribution in [0, 0.1) is 5.82 Å². The third-order valence-electron chi connectivity index (χ3n) is 1.99. The van der Waals surface area contributed by atoms with Crippen molar-refractivity contribution in [3.8, 4) is 0 Å². The van der Waals surface area contributed by atoms with Gasteiger partial charge >= 0.3 is 0 Å². The van der Waals surface area contributed by atoms with Gasteiger partial charge in [-0.3, -0.25) is 4.79 Å². The smallest absolute Gasteiger partial charge is 0.222 e. The Hall–Kier alpha value is -1.42. The van der Waals surface area contributed by atoms with E-state index in [4.69, 9.17) is 5.73 Å². The highest BCUT2D eigenvalue weighted by molar-refractivity contribution is 5.77. The van der Waals surface area contributed by atoms with Gasteiger partial charge in [0, 0.05) is 18.5 Å². The maximum Gasteiger partial charge on any atom is 0.222 e. The molecule has 0 aliphatic heterocycles. The van der Waals surface area contributed by atoms with Crippen molar-refractivity contribution in [1.29, 1.82) is 0 Å². The zero-order chi connectivity index (χ0) is 12.2. The van der Waals surface area contributed by atoms with Gasteiger partial charge in [-0.15, -0.1) is 0 Å². The second-order valence-electron chi connectivity index (χ2n) is 4.57. The summed E-state index contributed by atoms with van der Waals surface area (Å²) in [5, 5.41) is 2.70. The maximum absolute atomic E-state index is 12.8. The molecule has 0 aromatic heterocycles. The van der Waals surface area contributed by atoms with Gasteiger partial charge in [0.15, 0.2) is 0 Å². The van der Waals surface area contributed by atoms with Crippen LogP contribution in [0.1, 0.15) is 25.8 Å². The number of halogens is 1. The van der Waals surface area contributed by atoms with Crippen LogP contribution in [0.25, 0.3) is 0 Å². The van der Waals surface area contributed by atoms with Crippen molar-refractivity contribution >= 4 is 5.91 Å². The lowest BCUT2D eigenvalue weighted by molar-refractivity contribution is -0.122. The molecule has 16 heavy (non-hydrogen) atoms. The number of nitrogens with one attached hydrogen (secondary N) is 1. The van der Waals surface area contributed by atoms with Crippen molar-refractivity contribution in [1.82, 2.24) is 5.32 Å². The lowest BCUT2D eigenvalue weighted by Crippen LogP contribution is -2.38. The summed E-state index contributed by atoms with van der Waals surface area (Å²) >= 11 is 0. The Morgan fingerprint density at radius 1 is 1.50 bits per heavy atom. The number of carbonyl (C=O) groups excluding carboxylic acids is 1. The molecule has 1 rings (SSSR count). The molecule has 0 fully saturated rings. The van der Waals surface area contributed by atoms with E-state index in [0.717, 1.165) is 5.56 Å². The molecule has 0 aliphatic rings. The highest BCUT2D eigenvalue weighted by atomic mass is 19.1. The summed E-state index contributed by atoms with van der Waals surface area (Å²) in [7, 11) is 0. The minimum atomic E-state index is -0.522. The van der Waals surface area contributed by atoms with Crippen molar-refractivity contribution in [3.63, 3.8) is 0 Å². The molecule has 0 saturated carbocycles. The molecule has 4 heteroatoms. The molecule has 0 bridgehead atoms. The van der Waals surface area contributed by atoms with Gasteiger partial charge in [0.05, 0.1) is 0 Å². The molecular formula is C12H17FN2O. The van der Waals surface area contributed by atoms with Crippen molar-refractivity contribution in [2.45, 2.75) is 32.4 Å². The fourth-order valence-electron chi connectivity index (χ4n) is 1.32. The second kappa shape index (κ2) is 5.07. The molecule has 3 nitrogen and oxygen atoms in total. The van der Waals surface area contributed by atoms with Crippen LogP contribution in [0.3, 0.4) is 0 Å². The summed E-state index contributed by atoms with van der Waals surface area (Å²) in [6.45, 7) is 3.90. The predicted octanol–water partition coefficient (Wildman–Crippen LogP) is 1.57. The number of nitrogens with two attached hydrogens (primary N) is 1. The molecule has 88 valence electrons. The van der Waals surface area contributed by atoms with E-state index in [9.17, 15) is 9.18 Å². The van der Waals surface area contributed by atoms with Crippen LogP contribution in [0.15, 0.2) is 24.3 Å². The fourth-order valence-corrected chi connectivity index (χ4v) is 1.32. The third kappa shape index (κ3) is 4.89. The van der Waals surface area contributed by atoms with E-state index < -0.39 is 5.54 Å². The monoisotopic (exact) mass is 224 g/mol. The second-order valence-corrected chi connectivity index (χ2v) is 4.57. The number of hydrogen-bond donors (Lipinski definition) is 2. The Bertz CT molecular complexity index is 372. The zero-order valence-corrected chi connectivity index (χ0v) is 9.59. The Morgan fingerprint density at radius 2 is 2.19 bits per heavy atom. The summed E-state index contributed by atoms with van der Waals surface area (Å²) < 4.78 is 12.8. The lowest BCUT2D eigenvalue weighted by atomic mass is 10.0. The number of rotatable bonds is 4. The molecule has 0 spiro atoms. The van der Waals surface area contributed by atoms with E-state index in [1.807, 2.05) is 0 Å². The van der Waals surface area contributed by atoms with Gasteiger partial charge < -0.3 is 11.1 Å². The summed E-state index contributed by atoms with van der Waals surface area (Å²) in [6.07, 6.45) is 0.252. The van der Waals surface area contributed by atoms with Crippen LogP contribution in [0.2, 0.25) is 0 Å². The fraction of sp³-hybridized carbons (Fsp3) is 0.417. The molecule has 3 N–H and O–H groups in total. The van der Waals surface area contributed by atoms with E-state index in [0.29, 0.717) is 6.54 Å². The maximum atomic E-state index is 12.8. The van der Waals surface area contributed by atoms with Gasteiger partial charge in [0.2, 0.25) is 5.91 Å². The normalized spacial score (nSPS) is 11.2. The molecular weight excluding hydrogens is 207 g/mol. The number of amides is 1. The first-order chi connectivity index (χ1) is 7.37. The highest BCUT2D eigenvalue weighted by Crippen LogP contribution is 2.05. The Morgan fingerprint density at radius 3 is 2.75 bits per heavy atom. The molecule has 1 amide bonds.